The summed E-state index contributed by atoms with van der Waals surface area (Å²) in [6, 6.07) is 0. The van der Waals surface area contributed by atoms with E-state index in [0.29, 0.717) is 17.8 Å². The summed E-state index contributed by atoms with van der Waals surface area (Å²) >= 11 is 0. The van der Waals surface area contributed by atoms with Crippen LogP contribution in [0.15, 0.2) is 0 Å². The van der Waals surface area contributed by atoms with Gasteiger partial charge in [-0.2, -0.15) is 28.8 Å². The van der Waals surface area contributed by atoms with E-state index >= 15 is 0 Å². The van der Waals surface area contributed by atoms with Crippen LogP contribution in [0.25, 0.3) is 16.9 Å². The maximum atomic E-state index is 4.95. The number of aryl methyl sites for hydroxylation is 3. The van der Waals surface area contributed by atoms with Gasteiger partial charge in [0.15, 0.2) is 16.9 Å². The Bertz CT molecular complexity index is 1000. The van der Waals surface area contributed by atoms with Crippen LogP contribution in [0.1, 0.15) is 93.1 Å². The van der Waals surface area contributed by atoms with E-state index in [1.807, 2.05) is 0 Å². The highest BCUT2D eigenvalue weighted by Crippen LogP contribution is 2.34. The van der Waals surface area contributed by atoms with Crippen LogP contribution in [0.2, 0.25) is 0 Å². The molecule has 0 saturated heterocycles. The number of aromatic nitrogens is 6. The van der Waals surface area contributed by atoms with Crippen molar-refractivity contribution in [3.8, 4) is 0 Å². The smallest absolute Gasteiger partial charge is 0.165 e. The number of rotatable bonds is 3. The molecule has 4 rings (SSSR count). The van der Waals surface area contributed by atoms with Gasteiger partial charge < -0.3 is 0 Å². The molecule has 4 heterocycles. The molecule has 0 aromatic carbocycles. The Kier molecular flexibility index (Phi) is 3.88. The zero-order valence-electron chi connectivity index (χ0n) is 17.9. The van der Waals surface area contributed by atoms with Gasteiger partial charge in [0, 0.05) is 16.7 Å². The second kappa shape index (κ2) is 5.81. The number of fused-ring (bicyclic) bond motifs is 6. The van der Waals surface area contributed by atoms with Crippen molar-refractivity contribution >= 4 is 16.9 Å². The topological polar surface area (TPSA) is 51.9 Å². The average Bonchev–Trinajstić information content (AvgIpc) is 3.16. The molecular weight excluding hydrogens is 336 g/mol. The highest BCUT2D eigenvalue weighted by Gasteiger charge is 2.27. The summed E-state index contributed by atoms with van der Waals surface area (Å²) in [5.74, 6) is 1.10. The standard InChI is InChI=1S/C21H30N6/c1-10(2)16-13(7)22-25-19(16)26-21(17(11(3)4)14(8)23-26)27-20(25)18(12(5)6)15(9)24-27/h10-12H,1-9H3. The molecule has 0 amide bonds. The molecule has 6 nitrogen and oxygen atoms in total. The lowest BCUT2D eigenvalue weighted by Gasteiger charge is -2.11. The van der Waals surface area contributed by atoms with Gasteiger partial charge in [-0.05, 0) is 38.5 Å². The number of hydrogen-bond donors (Lipinski definition) is 0. The fourth-order valence-electron chi connectivity index (χ4n) is 4.66. The molecule has 27 heavy (non-hydrogen) atoms. The van der Waals surface area contributed by atoms with Gasteiger partial charge >= 0.3 is 0 Å². The Morgan fingerprint density at radius 2 is 0.704 bits per heavy atom. The van der Waals surface area contributed by atoms with Crippen molar-refractivity contribution in [2.45, 2.75) is 80.1 Å². The molecule has 0 unspecified atom stereocenters. The molecule has 0 spiro atoms. The number of nitrogens with zero attached hydrogens (tertiary/aromatic N) is 6. The minimum absolute atomic E-state index is 0.367. The minimum Gasteiger partial charge on any atom is -0.196 e. The van der Waals surface area contributed by atoms with E-state index in [0.717, 1.165) is 34.0 Å². The van der Waals surface area contributed by atoms with Crippen LogP contribution in [0.5, 0.6) is 0 Å². The molecule has 0 bridgehead atoms. The molecule has 0 radical (unpaired) electrons. The molecule has 0 atom stereocenters. The summed E-state index contributed by atoms with van der Waals surface area (Å²) < 4.78 is 6.22. The molecule has 0 aliphatic rings. The normalized spacial score (nSPS) is 12.9. The van der Waals surface area contributed by atoms with E-state index in [9.17, 15) is 0 Å². The minimum atomic E-state index is 0.367. The van der Waals surface area contributed by atoms with Crippen molar-refractivity contribution in [3.63, 3.8) is 0 Å². The van der Waals surface area contributed by atoms with Gasteiger partial charge in [-0.1, -0.05) is 41.5 Å². The lowest BCUT2D eigenvalue weighted by molar-refractivity contribution is 0.799. The van der Waals surface area contributed by atoms with Crippen LogP contribution >= 0.6 is 0 Å². The molecule has 0 N–H and O–H groups in total. The Morgan fingerprint density at radius 3 is 0.889 bits per heavy atom. The Labute approximate surface area is 160 Å². The van der Waals surface area contributed by atoms with Crippen LogP contribution < -0.4 is 0 Å². The van der Waals surface area contributed by atoms with E-state index in [1.165, 1.54) is 16.7 Å². The van der Waals surface area contributed by atoms with Crippen molar-refractivity contribution in [3.05, 3.63) is 33.8 Å². The first-order valence-electron chi connectivity index (χ1n) is 9.94. The second-order valence-electron chi connectivity index (χ2n) is 8.67. The van der Waals surface area contributed by atoms with Crippen molar-refractivity contribution in [2.75, 3.05) is 0 Å². The Morgan fingerprint density at radius 1 is 0.481 bits per heavy atom. The average molecular weight is 367 g/mol. The molecule has 144 valence electrons. The predicted octanol–water partition coefficient (Wildman–Crippen LogP) is 4.93. The quantitative estimate of drug-likeness (QED) is 0.517. The molecule has 0 aliphatic carbocycles. The van der Waals surface area contributed by atoms with Crippen LogP contribution in [-0.4, -0.2) is 28.8 Å². The van der Waals surface area contributed by atoms with E-state index in [4.69, 9.17) is 15.3 Å². The van der Waals surface area contributed by atoms with Crippen molar-refractivity contribution in [1.82, 2.24) is 28.8 Å². The molecule has 6 heteroatoms. The summed E-state index contributed by atoms with van der Waals surface area (Å²) in [6.45, 7) is 19.7. The zero-order chi connectivity index (χ0) is 19.8. The van der Waals surface area contributed by atoms with Gasteiger partial charge in [-0.25, -0.2) is 0 Å². The molecule has 0 saturated carbocycles. The van der Waals surface area contributed by atoms with Gasteiger partial charge in [0.05, 0.1) is 17.1 Å². The van der Waals surface area contributed by atoms with Gasteiger partial charge in [-0.3, -0.25) is 0 Å². The molecular formula is C21H30N6. The molecule has 4 aromatic rings. The Hall–Kier alpha value is -2.37. The second-order valence-corrected chi connectivity index (χ2v) is 8.67. The maximum absolute atomic E-state index is 4.95. The summed E-state index contributed by atoms with van der Waals surface area (Å²) in [7, 11) is 0. The third kappa shape index (κ3) is 2.28. The van der Waals surface area contributed by atoms with Crippen molar-refractivity contribution in [1.29, 1.82) is 0 Å². The van der Waals surface area contributed by atoms with Gasteiger partial charge in [0.25, 0.3) is 0 Å². The van der Waals surface area contributed by atoms with Gasteiger partial charge in [0.1, 0.15) is 0 Å². The van der Waals surface area contributed by atoms with E-state index in [2.05, 4.69) is 75.9 Å². The highest BCUT2D eigenvalue weighted by atomic mass is 15.4. The maximum Gasteiger partial charge on any atom is 0.165 e. The summed E-state index contributed by atoms with van der Waals surface area (Å²) in [4.78, 5) is 0. The molecule has 4 aromatic heterocycles. The molecule has 0 fully saturated rings. The van der Waals surface area contributed by atoms with E-state index < -0.39 is 0 Å². The largest absolute Gasteiger partial charge is 0.196 e. The van der Waals surface area contributed by atoms with Gasteiger partial charge in [0.2, 0.25) is 0 Å². The zero-order valence-corrected chi connectivity index (χ0v) is 17.9. The van der Waals surface area contributed by atoms with Crippen LogP contribution in [-0.2, 0) is 0 Å². The predicted molar refractivity (Wildman–Crippen MR) is 109 cm³/mol. The fourth-order valence-corrected chi connectivity index (χ4v) is 4.66. The highest BCUT2D eigenvalue weighted by molar-refractivity contribution is 5.71. The fraction of sp³-hybridized carbons (Fsp3) is 0.571. The summed E-state index contributed by atoms with van der Waals surface area (Å²) in [6.07, 6.45) is 0. The summed E-state index contributed by atoms with van der Waals surface area (Å²) in [5, 5.41) is 14.8. The van der Waals surface area contributed by atoms with Crippen molar-refractivity contribution in [2.24, 2.45) is 0 Å². The Balaban J connectivity index is 2.41. The third-order valence-corrected chi connectivity index (χ3v) is 5.58. The lowest BCUT2D eigenvalue weighted by atomic mass is 10.0. The number of hydrogen-bond acceptors (Lipinski definition) is 3. The first kappa shape index (κ1) is 18.0. The van der Waals surface area contributed by atoms with Crippen molar-refractivity contribution < 1.29 is 0 Å². The first-order valence-corrected chi connectivity index (χ1v) is 9.94. The van der Waals surface area contributed by atoms with Crippen LogP contribution in [0.4, 0.5) is 0 Å². The third-order valence-electron chi connectivity index (χ3n) is 5.58. The summed E-state index contributed by atoms with van der Waals surface area (Å²) in [5.41, 5.74) is 10.2. The SMILES string of the molecule is Cc1nn2c(c1C(C)C)n1nc(C)c(C(C)C)c1n1nc(C)c(C(C)C)c21. The van der Waals surface area contributed by atoms with Gasteiger partial charge in [-0.15, -0.1) is 0 Å². The van der Waals surface area contributed by atoms with E-state index in [-0.39, 0.29) is 0 Å². The van der Waals surface area contributed by atoms with Crippen LogP contribution in [0, 0.1) is 20.8 Å². The first-order chi connectivity index (χ1) is 12.6. The molecule has 0 aliphatic heterocycles. The lowest BCUT2D eigenvalue weighted by Crippen LogP contribution is -2.09. The van der Waals surface area contributed by atoms with Crippen LogP contribution in [0.3, 0.4) is 0 Å². The monoisotopic (exact) mass is 366 g/mol. The van der Waals surface area contributed by atoms with E-state index in [1.54, 1.807) is 0 Å².